The number of amides is 2. The molecule has 2 aliphatic rings. The second-order valence-electron chi connectivity index (χ2n) is 6.58. The van der Waals surface area contributed by atoms with Gasteiger partial charge in [0.05, 0.1) is 5.92 Å². The van der Waals surface area contributed by atoms with Crippen LogP contribution >= 0.6 is 0 Å². The first kappa shape index (κ1) is 16.8. The van der Waals surface area contributed by atoms with E-state index in [0.29, 0.717) is 6.54 Å². The summed E-state index contributed by atoms with van der Waals surface area (Å²) in [6, 6.07) is -0.644. The molecule has 2 rings (SSSR count). The lowest BCUT2D eigenvalue weighted by atomic mass is 10.1. The molecule has 0 bridgehead atoms. The molecule has 6 heteroatoms. The van der Waals surface area contributed by atoms with Crippen molar-refractivity contribution in [1.82, 2.24) is 9.80 Å². The fraction of sp³-hybridized carbons (Fsp3) is 0.812. The van der Waals surface area contributed by atoms with Crippen molar-refractivity contribution in [1.29, 1.82) is 0 Å². The third-order valence-corrected chi connectivity index (χ3v) is 4.72. The molecule has 1 heterocycles. The van der Waals surface area contributed by atoms with E-state index in [1.165, 1.54) is 4.90 Å². The minimum atomic E-state index is -0.985. The van der Waals surface area contributed by atoms with Gasteiger partial charge in [-0.15, -0.1) is 0 Å². The van der Waals surface area contributed by atoms with Gasteiger partial charge >= 0.3 is 5.97 Å². The van der Waals surface area contributed by atoms with Gasteiger partial charge in [-0.05, 0) is 33.1 Å². The molecule has 3 atom stereocenters. The average molecular weight is 310 g/mol. The van der Waals surface area contributed by atoms with Crippen LogP contribution in [0.15, 0.2) is 0 Å². The highest BCUT2D eigenvalue weighted by Gasteiger charge is 2.44. The average Bonchev–Trinajstić information content (AvgIpc) is 3.20. The van der Waals surface area contributed by atoms with Crippen molar-refractivity contribution in [3.63, 3.8) is 0 Å². The number of aliphatic carboxylic acids is 1. The topological polar surface area (TPSA) is 77.9 Å². The van der Waals surface area contributed by atoms with E-state index in [2.05, 4.69) is 6.92 Å². The largest absolute Gasteiger partial charge is 0.480 e. The molecule has 1 saturated heterocycles. The van der Waals surface area contributed by atoms with Crippen LogP contribution < -0.4 is 0 Å². The fourth-order valence-electron chi connectivity index (χ4n) is 3.27. The number of carboxylic acids is 1. The second kappa shape index (κ2) is 6.67. The zero-order chi connectivity index (χ0) is 16.4. The zero-order valence-corrected chi connectivity index (χ0v) is 13.6. The summed E-state index contributed by atoms with van der Waals surface area (Å²) in [5, 5.41) is 9.21. The number of hydrogen-bond donors (Lipinski definition) is 1. The molecule has 0 spiro atoms. The lowest BCUT2D eigenvalue weighted by molar-refractivity contribution is -0.151. The maximum Gasteiger partial charge on any atom is 0.326 e. The molecule has 0 aromatic rings. The minimum absolute atomic E-state index is 0.0121. The van der Waals surface area contributed by atoms with Crippen LogP contribution in [0.1, 0.15) is 52.9 Å². The zero-order valence-electron chi connectivity index (χ0n) is 13.6. The Bertz CT molecular complexity index is 461. The van der Waals surface area contributed by atoms with Gasteiger partial charge in [0.15, 0.2) is 0 Å². The smallest absolute Gasteiger partial charge is 0.326 e. The van der Waals surface area contributed by atoms with E-state index in [4.69, 9.17) is 0 Å². The first-order valence-corrected chi connectivity index (χ1v) is 8.21. The molecule has 0 aromatic carbocycles. The Kier molecular flexibility index (Phi) is 5.08. The summed E-state index contributed by atoms with van der Waals surface area (Å²) in [4.78, 5) is 39.4. The summed E-state index contributed by atoms with van der Waals surface area (Å²) in [5.41, 5.74) is 0. The number of hydrogen-bond acceptors (Lipinski definition) is 3. The van der Waals surface area contributed by atoms with Crippen molar-refractivity contribution in [2.24, 2.45) is 5.92 Å². The first-order valence-electron chi connectivity index (χ1n) is 8.21. The molecular weight excluding hydrogens is 284 g/mol. The van der Waals surface area contributed by atoms with Gasteiger partial charge in [0.2, 0.25) is 11.8 Å². The Labute approximate surface area is 131 Å². The lowest BCUT2D eigenvalue weighted by Crippen LogP contribution is -2.48. The summed E-state index contributed by atoms with van der Waals surface area (Å²) in [6.45, 7) is 6.05. The standard InChI is InChI=1S/C16H26N2O4/c1-4-5-10(2)17-9-12(8-14(17)19)15(20)18(13-6-7-13)11(3)16(21)22/h10-13H,4-9H2,1-3H3,(H,21,22). The number of likely N-dealkylation sites (tertiary alicyclic amines) is 1. The summed E-state index contributed by atoms with van der Waals surface area (Å²) < 4.78 is 0. The van der Waals surface area contributed by atoms with Gasteiger partial charge < -0.3 is 14.9 Å². The SMILES string of the molecule is CCCC(C)N1CC(C(=O)N(C2CC2)C(C)C(=O)O)CC1=O. The molecule has 2 amide bonds. The van der Waals surface area contributed by atoms with E-state index in [-0.39, 0.29) is 30.3 Å². The molecule has 6 nitrogen and oxygen atoms in total. The van der Waals surface area contributed by atoms with Crippen LogP contribution in [0.25, 0.3) is 0 Å². The molecule has 2 fully saturated rings. The van der Waals surface area contributed by atoms with Crippen LogP contribution in [-0.2, 0) is 14.4 Å². The van der Waals surface area contributed by atoms with Crippen molar-refractivity contribution in [3.05, 3.63) is 0 Å². The molecular formula is C16H26N2O4. The molecule has 1 aliphatic heterocycles. The van der Waals surface area contributed by atoms with Gasteiger partial charge in [-0.3, -0.25) is 9.59 Å². The summed E-state index contributed by atoms with van der Waals surface area (Å²) in [5.74, 6) is -1.54. The molecule has 124 valence electrons. The molecule has 1 aliphatic carbocycles. The number of rotatable bonds is 7. The third kappa shape index (κ3) is 3.42. The molecule has 1 N–H and O–H groups in total. The highest BCUT2D eigenvalue weighted by Crippen LogP contribution is 2.32. The van der Waals surface area contributed by atoms with Crippen LogP contribution in [0.3, 0.4) is 0 Å². The van der Waals surface area contributed by atoms with E-state index < -0.39 is 17.9 Å². The van der Waals surface area contributed by atoms with Gasteiger partial charge in [-0.2, -0.15) is 0 Å². The molecule has 0 radical (unpaired) electrons. The Morgan fingerprint density at radius 1 is 1.36 bits per heavy atom. The highest BCUT2D eigenvalue weighted by atomic mass is 16.4. The molecule has 3 unspecified atom stereocenters. The number of carbonyl (C=O) groups excluding carboxylic acids is 2. The van der Waals surface area contributed by atoms with Gasteiger partial charge in [0.1, 0.15) is 6.04 Å². The van der Waals surface area contributed by atoms with Crippen molar-refractivity contribution >= 4 is 17.8 Å². The summed E-state index contributed by atoms with van der Waals surface area (Å²) >= 11 is 0. The van der Waals surface area contributed by atoms with E-state index in [1.54, 1.807) is 11.8 Å². The van der Waals surface area contributed by atoms with Crippen LogP contribution in [0.2, 0.25) is 0 Å². The van der Waals surface area contributed by atoms with Crippen LogP contribution in [0.5, 0.6) is 0 Å². The van der Waals surface area contributed by atoms with Crippen LogP contribution in [0.4, 0.5) is 0 Å². The predicted octanol–water partition coefficient (Wildman–Crippen LogP) is 1.49. The van der Waals surface area contributed by atoms with Crippen molar-refractivity contribution < 1.29 is 19.5 Å². The van der Waals surface area contributed by atoms with E-state index in [0.717, 1.165) is 25.7 Å². The Balaban J connectivity index is 2.06. The van der Waals surface area contributed by atoms with Crippen molar-refractivity contribution in [3.8, 4) is 0 Å². The van der Waals surface area contributed by atoms with Crippen LogP contribution in [0, 0.1) is 5.92 Å². The summed E-state index contributed by atoms with van der Waals surface area (Å²) in [7, 11) is 0. The Morgan fingerprint density at radius 3 is 2.50 bits per heavy atom. The molecule has 1 saturated carbocycles. The summed E-state index contributed by atoms with van der Waals surface area (Å²) in [6.07, 6.45) is 3.85. The van der Waals surface area contributed by atoms with Crippen LogP contribution in [-0.4, -0.2) is 57.4 Å². The number of carbonyl (C=O) groups is 3. The van der Waals surface area contributed by atoms with Crippen molar-refractivity contribution in [2.45, 2.75) is 71.0 Å². The molecule has 22 heavy (non-hydrogen) atoms. The first-order chi connectivity index (χ1) is 10.4. The maximum atomic E-state index is 12.7. The fourth-order valence-corrected chi connectivity index (χ4v) is 3.27. The van der Waals surface area contributed by atoms with Gasteiger partial charge in [-0.25, -0.2) is 4.79 Å². The van der Waals surface area contributed by atoms with Gasteiger partial charge in [0, 0.05) is 25.0 Å². The quantitative estimate of drug-likeness (QED) is 0.773. The predicted molar refractivity (Wildman–Crippen MR) is 81.2 cm³/mol. The van der Waals surface area contributed by atoms with Gasteiger partial charge in [0.25, 0.3) is 0 Å². The number of carboxylic acid groups (broad SMARTS) is 1. The van der Waals surface area contributed by atoms with Gasteiger partial charge in [-0.1, -0.05) is 13.3 Å². The Morgan fingerprint density at radius 2 is 2.00 bits per heavy atom. The highest BCUT2D eigenvalue weighted by molar-refractivity contribution is 5.91. The monoisotopic (exact) mass is 310 g/mol. The lowest BCUT2D eigenvalue weighted by Gasteiger charge is -2.29. The second-order valence-corrected chi connectivity index (χ2v) is 6.58. The van der Waals surface area contributed by atoms with E-state index in [1.807, 2.05) is 6.92 Å². The third-order valence-electron chi connectivity index (χ3n) is 4.72. The Hall–Kier alpha value is -1.59. The maximum absolute atomic E-state index is 12.7. The number of nitrogens with zero attached hydrogens (tertiary/aromatic N) is 2. The normalized spacial score (nSPS) is 24.2. The minimum Gasteiger partial charge on any atom is -0.480 e. The van der Waals surface area contributed by atoms with E-state index >= 15 is 0 Å². The van der Waals surface area contributed by atoms with Crippen molar-refractivity contribution in [2.75, 3.05) is 6.54 Å². The molecule has 0 aromatic heterocycles. The van der Waals surface area contributed by atoms with E-state index in [9.17, 15) is 19.5 Å².